The number of rotatable bonds is 15. The molecule has 32 heavy (non-hydrogen) atoms. The third kappa shape index (κ3) is 10.8. The highest BCUT2D eigenvalue weighted by Gasteiger charge is 2.31. The summed E-state index contributed by atoms with van der Waals surface area (Å²) in [5, 5.41) is 50.3. The van der Waals surface area contributed by atoms with Crippen molar-refractivity contribution in [1.29, 1.82) is 0 Å². The fraction of sp³-hybridized carbons (Fsp3) is 0.562. The average molecular weight is 464 g/mol. The van der Waals surface area contributed by atoms with Crippen LogP contribution in [0.3, 0.4) is 0 Å². The average Bonchev–Trinajstić information content (AvgIpc) is 2.66. The Hall–Kier alpha value is -3.79. The third-order valence-corrected chi connectivity index (χ3v) is 3.82. The summed E-state index contributed by atoms with van der Waals surface area (Å²) in [6.07, 6.45) is -2.96. The van der Waals surface area contributed by atoms with Gasteiger partial charge in [0.15, 0.2) is 0 Å². The van der Waals surface area contributed by atoms with Gasteiger partial charge in [-0.15, -0.1) is 0 Å². The van der Waals surface area contributed by atoms with Crippen LogP contribution in [0.2, 0.25) is 0 Å². The Bertz CT molecular complexity index is 755. The number of carboxylic acids is 4. The molecule has 0 heterocycles. The van der Waals surface area contributed by atoms with Gasteiger partial charge < -0.3 is 47.2 Å². The molecule has 0 aromatic heterocycles. The maximum Gasteiger partial charge on any atom is 0.326 e. The van der Waals surface area contributed by atoms with Gasteiger partial charge in [0, 0.05) is 6.42 Å². The smallest absolute Gasteiger partial charge is 0.326 e. The molecule has 3 amide bonds. The Balaban J connectivity index is 5.30. The molecule has 0 aromatic carbocycles. The van der Waals surface area contributed by atoms with Crippen molar-refractivity contribution in [2.75, 3.05) is 6.61 Å². The zero-order chi connectivity index (χ0) is 25.0. The van der Waals surface area contributed by atoms with Gasteiger partial charge in [-0.1, -0.05) is 0 Å². The second-order valence-corrected chi connectivity index (χ2v) is 6.44. The van der Waals surface area contributed by atoms with Gasteiger partial charge in [-0.05, 0) is 6.42 Å². The van der Waals surface area contributed by atoms with Crippen molar-refractivity contribution in [3.05, 3.63) is 0 Å². The number of aliphatic carboxylic acids is 4. The van der Waals surface area contributed by atoms with Crippen LogP contribution >= 0.6 is 0 Å². The second kappa shape index (κ2) is 13.5. The van der Waals surface area contributed by atoms with Crippen molar-refractivity contribution in [3.8, 4) is 0 Å². The van der Waals surface area contributed by atoms with Crippen molar-refractivity contribution in [3.63, 3.8) is 0 Å². The van der Waals surface area contributed by atoms with E-state index in [1.165, 1.54) is 0 Å². The molecular formula is C16H24N4O12. The van der Waals surface area contributed by atoms with Crippen LogP contribution < -0.4 is 21.7 Å². The van der Waals surface area contributed by atoms with Crippen molar-refractivity contribution >= 4 is 41.6 Å². The van der Waals surface area contributed by atoms with Crippen molar-refractivity contribution in [2.45, 2.75) is 49.9 Å². The summed E-state index contributed by atoms with van der Waals surface area (Å²) < 4.78 is 0. The van der Waals surface area contributed by atoms with Gasteiger partial charge in [-0.3, -0.25) is 28.8 Å². The number of carbonyl (C=O) groups excluding carboxylic acids is 3. The van der Waals surface area contributed by atoms with Crippen LogP contribution in [0.25, 0.3) is 0 Å². The zero-order valence-corrected chi connectivity index (χ0v) is 16.5. The van der Waals surface area contributed by atoms with E-state index in [9.17, 15) is 38.7 Å². The largest absolute Gasteiger partial charge is 0.481 e. The lowest BCUT2D eigenvalue weighted by Crippen LogP contribution is -2.58. The molecule has 16 nitrogen and oxygen atoms in total. The van der Waals surface area contributed by atoms with Gasteiger partial charge in [-0.25, -0.2) is 4.79 Å². The first kappa shape index (κ1) is 28.2. The predicted octanol–water partition coefficient (Wildman–Crippen LogP) is -4.34. The molecule has 0 saturated heterocycles. The quantitative estimate of drug-likeness (QED) is 0.111. The minimum Gasteiger partial charge on any atom is -0.481 e. The third-order valence-electron chi connectivity index (χ3n) is 3.82. The highest BCUT2D eigenvalue weighted by molar-refractivity contribution is 5.96. The van der Waals surface area contributed by atoms with E-state index in [0.717, 1.165) is 0 Å². The van der Waals surface area contributed by atoms with Crippen LogP contribution in [0, 0.1) is 0 Å². The molecule has 0 aliphatic carbocycles. The summed E-state index contributed by atoms with van der Waals surface area (Å²) in [4.78, 5) is 79.8. The Kier molecular flexibility index (Phi) is 11.9. The van der Waals surface area contributed by atoms with E-state index in [1.807, 2.05) is 16.0 Å². The van der Waals surface area contributed by atoms with Crippen LogP contribution in [0.4, 0.5) is 0 Å². The first-order valence-corrected chi connectivity index (χ1v) is 8.94. The van der Waals surface area contributed by atoms with E-state index in [-0.39, 0.29) is 0 Å². The minimum atomic E-state index is -1.86. The summed E-state index contributed by atoms with van der Waals surface area (Å²) in [5.41, 5.74) is 5.32. The number of carboxylic acid groups (broad SMARTS) is 4. The molecule has 0 bridgehead atoms. The molecule has 180 valence electrons. The molecule has 0 fully saturated rings. The van der Waals surface area contributed by atoms with Crippen molar-refractivity contribution in [1.82, 2.24) is 16.0 Å². The summed E-state index contributed by atoms with van der Waals surface area (Å²) in [5.74, 6) is -9.58. The predicted molar refractivity (Wildman–Crippen MR) is 99.9 cm³/mol. The zero-order valence-electron chi connectivity index (χ0n) is 16.5. The van der Waals surface area contributed by atoms with Crippen LogP contribution in [0.15, 0.2) is 0 Å². The maximum absolute atomic E-state index is 12.3. The summed E-state index contributed by atoms with van der Waals surface area (Å²) in [6, 6.07) is -6.87. The molecule has 0 aromatic rings. The van der Waals surface area contributed by atoms with Gasteiger partial charge in [0.25, 0.3) is 0 Å². The number of hydrogen-bond acceptors (Lipinski definition) is 9. The van der Waals surface area contributed by atoms with E-state index in [1.54, 1.807) is 0 Å². The Morgan fingerprint density at radius 3 is 1.56 bits per heavy atom. The topological polar surface area (TPSA) is 283 Å². The SMILES string of the molecule is NC(CC(=O)O)C(=O)NC(CO)C(=O)NC(CC(=O)O)C(=O)NC(CCC(=O)O)C(=O)O. The number of hydrogen-bond donors (Lipinski definition) is 9. The van der Waals surface area contributed by atoms with E-state index in [2.05, 4.69) is 0 Å². The summed E-state index contributed by atoms with van der Waals surface area (Å²) >= 11 is 0. The molecule has 0 radical (unpaired) electrons. The minimum absolute atomic E-state index is 0.527. The standard InChI is InChI=1S/C16H24N4O12/c17-6(3-11(24)25)13(28)20-9(5-21)15(30)19-8(4-12(26)27)14(29)18-7(16(31)32)1-2-10(22)23/h6-9,21H,1-5,17H2,(H,18,29)(H,19,30)(H,20,28)(H,22,23)(H,24,25)(H,26,27)(H,31,32). The molecule has 4 unspecified atom stereocenters. The Morgan fingerprint density at radius 1 is 0.656 bits per heavy atom. The number of carbonyl (C=O) groups is 7. The fourth-order valence-corrected chi connectivity index (χ4v) is 2.21. The highest BCUT2D eigenvalue weighted by atomic mass is 16.4. The van der Waals surface area contributed by atoms with Crippen LogP contribution in [-0.4, -0.2) is 97.9 Å². The number of nitrogens with two attached hydrogens (primary N) is 1. The van der Waals surface area contributed by atoms with Gasteiger partial charge in [0.2, 0.25) is 17.7 Å². The van der Waals surface area contributed by atoms with Crippen molar-refractivity contribution < 1.29 is 59.1 Å². The lowest BCUT2D eigenvalue weighted by atomic mass is 10.1. The highest BCUT2D eigenvalue weighted by Crippen LogP contribution is 2.02. The van der Waals surface area contributed by atoms with Gasteiger partial charge in [0.05, 0.1) is 25.5 Å². The summed E-state index contributed by atoms with van der Waals surface area (Å²) in [6.45, 7) is -1.03. The lowest BCUT2D eigenvalue weighted by molar-refractivity contribution is -0.144. The second-order valence-electron chi connectivity index (χ2n) is 6.44. The van der Waals surface area contributed by atoms with E-state index >= 15 is 0 Å². The Labute approximate surface area is 179 Å². The molecular weight excluding hydrogens is 440 g/mol. The number of amides is 3. The molecule has 0 aliphatic rings. The van der Waals surface area contributed by atoms with Gasteiger partial charge >= 0.3 is 23.9 Å². The monoisotopic (exact) mass is 464 g/mol. The number of aliphatic hydroxyl groups excluding tert-OH is 1. The fourth-order valence-electron chi connectivity index (χ4n) is 2.21. The van der Waals surface area contributed by atoms with E-state index < -0.39 is 98.1 Å². The molecule has 0 rings (SSSR count). The Morgan fingerprint density at radius 2 is 1.12 bits per heavy atom. The molecule has 10 N–H and O–H groups in total. The van der Waals surface area contributed by atoms with Gasteiger partial charge in [-0.2, -0.15) is 0 Å². The lowest BCUT2D eigenvalue weighted by Gasteiger charge is -2.23. The van der Waals surface area contributed by atoms with Crippen LogP contribution in [0.1, 0.15) is 25.7 Å². The molecule has 4 atom stereocenters. The summed E-state index contributed by atoms with van der Waals surface area (Å²) in [7, 11) is 0. The molecule has 0 spiro atoms. The van der Waals surface area contributed by atoms with Crippen molar-refractivity contribution in [2.24, 2.45) is 5.73 Å². The van der Waals surface area contributed by atoms with Gasteiger partial charge in [0.1, 0.15) is 18.1 Å². The normalized spacial score (nSPS) is 14.2. The van der Waals surface area contributed by atoms with E-state index in [0.29, 0.717) is 0 Å². The number of nitrogens with one attached hydrogen (secondary N) is 3. The van der Waals surface area contributed by atoms with Crippen LogP contribution in [0.5, 0.6) is 0 Å². The first-order valence-electron chi connectivity index (χ1n) is 8.94. The molecule has 0 saturated carbocycles. The maximum atomic E-state index is 12.3. The molecule has 16 heteroatoms. The van der Waals surface area contributed by atoms with E-state index in [4.69, 9.17) is 26.2 Å². The first-order chi connectivity index (χ1) is 14.8. The molecule has 0 aliphatic heterocycles. The number of aliphatic hydroxyl groups is 1. The van der Waals surface area contributed by atoms with Crippen LogP contribution in [-0.2, 0) is 33.6 Å².